The molecule has 3 aromatic heterocycles. The number of hydrogen-bond donors (Lipinski definition) is 0. The van der Waals surface area contributed by atoms with Crippen molar-refractivity contribution in [2.45, 2.75) is 54.5 Å². The van der Waals surface area contributed by atoms with Crippen LogP contribution in [0, 0.1) is 33.6 Å². The molecule has 0 atom stereocenters. The first-order valence-electron chi connectivity index (χ1n) is 14.3. The second kappa shape index (κ2) is 10.2. The van der Waals surface area contributed by atoms with Gasteiger partial charge in [-0.2, -0.15) is 5.10 Å². The van der Waals surface area contributed by atoms with Crippen molar-refractivity contribution in [3.05, 3.63) is 88.4 Å². The van der Waals surface area contributed by atoms with Crippen LogP contribution in [-0.2, 0) is 20.0 Å². The van der Waals surface area contributed by atoms with Crippen LogP contribution in [0.25, 0.3) is 27.8 Å². The van der Waals surface area contributed by atoms with Crippen LogP contribution in [0.2, 0.25) is 0 Å². The van der Waals surface area contributed by atoms with Gasteiger partial charge in [-0.15, -0.1) is 0 Å². The third kappa shape index (κ3) is 4.55. The predicted octanol–water partition coefficient (Wildman–Crippen LogP) is 7.26. The van der Waals surface area contributed by atoms with E-state index < -0.39 is 0 Å². The standard InChI is InChI=1S/C34H39N5O/c1-21(2)20-40-31-10-8-9-23(4)32(31)39-33(26-11-12-30-27(16-26)25(6)18-37(30)7)28-19-38(14-13-29(28)36-39)34-24(5)15-22(3)17-35-34/h8-12,15-18,21H,13-14,19-20H2,1-7H3. The monoisotopic (exact) mass is 533 g/mol. The quantitative estimate of drug-likeness (QED) is 0.231. The van der Waals surface area contributed by atoms with Crippen molar-refractivity contribution in [1.82, 2.24) is 19.3 Å². The van der Waals surface area contributed by atoms with Gasteiger partial charge < -0.3 is 14.2 Å². The Morgan fingerprint density at radius 2 is 1.80 bits per heavy atom. The molecule has 4 heterocycles. The molecule has 0 saturated heterocycles. The van der Waals surface area contributed by atoms with E-state index in [9.17, 15) is 0 Å². The first kappa shape index (κ1) is 26.2. The van der Waals surface area contributed by atoms with Crippen LogP contribution in [0.5, 0.6) is 5.75 Å². The topological polar surface area (TPSA) is 48.1 Å². The number of para-hydroxylation sites is 1. The molecule has 0 amide bonds. The normalized spacial score (nSPS) is 13.3. The summed E-state index contributed by atoms with van der Waals surface area (Å²) >= 11 is 0. The van der Waals surface area contributed by atoms with Crippen molar-refractivity contribution in [3.63, 3.8) is 0 Å². The average molecular weight is 534 g/mol. The fourth-order valence-corrected chi connectivity index (χ4v) is 6.06. The summed E-state index contributed by atoms with van der Waals surface area (Å²) in [6, 6.07) is 15.3. The first-order chi connectivity index (χ1) is 19.2. The highest BCUT2D eigenvalue weighted by Crippen LogP contribution is 2.39. The molecule has 5 aromatic rings. The number of aryl methyl sites for hydroxylation is 5. The number of anilines is 1. The summed E-state index contributed by atoms with van der Waals surface area (Å²) in [6.07, 6.45) is 5.04. The van der Waals surface area contributed by atoms with E-state index >= 15 is 0 Å². The van der Waals surface area contributed by atoms with Crippen LogP contribution in [0.15, 0.2) is 54.9 Å². The number of benzene rings is 2. The fourth-order valence-electron chi connectivity index (χ4n) is 6.06. The lowest BCUT2D eigenvalue weighted by molar-refractivity contribution is 0.270. The maximum atomic E-state index is 6.38. The SMILES string of the molecule is Cc1cnc(N2CCc3nn(-c4c(C)cccc4OCC(C)C)c(-c4ccc5c(c4)c(C)cn5C)c3C2)c(C)c1. The Kier molecular flexibility index (Phi) is 6.65. The van der Waals surface area contributed by atoms with Crippen LogP contribution in [0.3, 0.4) is 0 Å². The lowest BCUT2D eigenvalue weighted by Gasteiger charge is -2.29. The Balaban J connectivity index is 1.56. The number of fused-ring (bicyclic) bond motifs is 2. The van der Waals surface area contributed by atoms with Crippen LogP contribution < -0.4 is 9.64 Å². The first-order valence-corrected chi connectivity index (χ1v) is 14.3. The second-order valence-corrected chi connectivity index (χ2v) is 11.8. The third-order valence-corrected chi connectivity index (χ3v) is 7.97. The van der Waals surface area contributed by atoms with Gasteiger partial charge in [0.05, 0.1) is 18.0 Å². The van der Waals surface area contributed by atoms with Crippen molar-refractivity contribution in [2.24, 2.45) is 13.0 Å². The molecule has 0 unspecified atom stereocenters. The van der Waals surface area contributed by atoms with Gasteiger partial charge in [0.1, 0.15) is 17.3 Å². The fraction of sp³-hybridized carbons (Fsp3) is 0.353. The number of hydrogen-bond acceptors (Lipinski definition) is 4. The molecule has 0 N–H and O–H groups in total. The van der Waals surface area contributed by atoms with E-state index in [2.05, 4.69) is 111 Å². The number of pyridine rings is 1. The van der Waals surface area contributed by atoms with Gasteiger partial charge in [-0.3, -0.25) is 0 Å². The van der Waals surface area contributed by atoms with E-state index in [4.69, 9.17) is 14.8 Å². The molecule has 1 aliphatic rings. The van der Waals surface area contributed by atoms with Crippen molar-refractivity contribution in [3.8, 4) is 22.7 Å². The van der Waals surface area contributed by atoms with E-state index in [1.165, 1.54) is 38.7 Å². The summed E-state index contributed by atoms with van der Waals surface area (Å²) in [5, 5.41) is 6.57. The summed E-state index contributed by atoms with van der Waals surface area (Å²) in [6.45, 7) is 15.3. The molecule has 2 aromatic carbocycles. The summed E-state index contributed by atoms with van der Waals surface area (Å²) in [4.78, 5) is 7.25. The third-order valence-electron chi connectivity index (χ3n) is 7.97. The maximum Gasteiger partial charge on any atom is 0.145 e. The average Bonchev–Trinajstić information content (AvgIpc) is 3.43. The highest BCUT2D eigenvalue weighted by molar-refractivity contribution is 5.89. The molecule has 6 rings (SSSR count). The zero-order valence-electron chi connectivity index (χ0n) is 24.7. The van der Waals surface area contributed by atoms with Gasteiger partial charge in [-0.1, -0.05) is 38.1 Å². The minimum Gasteiger partial charge on any atom is -0.491 e. The van der Waals surface area contributed by atoms with E-state index in [1.54, 1.807) is 0 Å². The Hall–Kier alpha value is -4.06. The van der Waals surface area contributed by atoms with Crippen molar-refractivity contribution in [1.29, 1.82) is 0 Å². The van der Waals surface area contributed by atoms with Crippen LogP contribution in [-0.4, -0.2) is 32.5 Å². The van der Waals surface area contributed by atoms with Gasteiger partial charge in [0.2, 0.25) is 0 Å². The number of nitrogens with zero attached hydrogens (tertiary/aromatic N) is 5. The van der Waals surface area contributed by atoms with Crippen LogP contribution >= 0.6 is 0 Å². The minimum absolute atomic E-state index is 0.431. The summed E-state index contributed by atoms with van der Waals surface area (Å²) in [5.74, 6) is 2.36. The molecule has 0 aliphatic carbocycles. The van der Waals surface area contributed by atoms with Gasteiger partial charge in [0.15, 0.2) is 0 Å². The molecule has 0 fully saturated rings. The zero-order valence-corrected chi connectivity index (χ0v) is 24.7. The Morgan fingerprint density at radius 3 is 2.58 bits per heavy atom. The molecule has 206 valence electrons. The molecule has 6 nitrogen and oxygen atoms in total. The highest BCUT2D eigenvalue weighted by Gasteiger charge is 2.29. The predicted molar refractivity (Wildman–Crippen MR) is 164 cm³/mol. The van der Waals surface area contributed by atoms with Gasteiger partial charge in [0, 0.05) is 61.0 Å². The van der Waals surface area contributed by atoms with Crippen molar-refractivity contribution >= 4 is 16.7 Å². The minimum atomic E-state index is 0.431. The van der Waals surface area contributed by atoms with Crippen LogP contribution in [0.4, 0.5) is 5.82 Å². The van der Waals surface area contributed by atoms with Crippen molar-refractivity contribution < 1.29 is 4.74 Å². The molecule has 0 spiro atoms. The van der Waals surface area contributed by atoms with Gasteiger partial charge in [-0.05, 0) is 74.1 Å². The number of aromatic nitrogens is 4. The molecule has 0 radical (unpaired) electrons. The summed E-state index contributed by atoms with van der Waals surface area (Å²) in [5.41, 5.74) is 11.8. The summed E-state index contributed by atoms with van der Waals surface area (Å²) < 4.78 is 10.7. The van der Waals surface area contributed by atoms with E-state index in [0.29, 0.717) is 12.5 Å². The molecule has 40 heavy (non-hydrogen) atoms. The molecule has 0 bridgehead atoms. The lowest BCUT2D eigenvalue weighted by Crippen LogP contribution is -2.31. The lowest BCUT2D eigenvalue weighted by atomic mass is 9.98. The van der Waals surface area contributed by atoms with E-state index in [-0.39, 0.29) is 0 Å². The van der Waals surface area contributed by atoms with Gasteiger partial charge in [0.25, 0.3) is 0 Å². The van der Waals surface area contributed by atoms with E-state index in [1.807, 2.05) is 6.20 Å². The largest absolute Gasteiger partial charge is 0.491 e. The molecule has 1 aliphatic heterocycles. The smallest absolute Gasteiger partial charge is 0.145 e. The molecular weight excluding hydrogens is 494 g/mol. The Morgan fingerprint density at radius 1 is 0.975 bits per heavy atom. The molecular formula is C34H39N5O. The van der Waals surface area contributed by atoms with Gasteiger partial charge >= 0.3 is 0 Å². The second-order valence-electron chi connectivity index (χ2n) is 11.8. The van der Waals surface area contributed by atoms with Crippen molar-refractivity contribution in [2.75, 3.05) is 18.1 Å². The molecule has 0 saturated carbocycles. The Bertz CT molecular complexity index is 1720. The zero-order chi connectivity index (χ0) is 28.1. The maximum absolute atomic E-state index is 6.38. The van der Waals surface area contributed by atoms with Gasteiger partial charge in [-0.25, -0.2) is 9.67 Å². The number of ether oxygens (including phenoxy) is 1. The summed E-state index contributed by atoms with van der Waals surface area (Å²) in [7, 11) is 2.11. The van der Waals surface area contributed by atoms with E-state index in [0.717, 1.165) is 53.7 Å². The molecule has 6 heteroatoms. The Labute approximate surface area is 237 Å². The van der Waals surface area contributed by atoms with Crippen LogP contribution in [0.1, 0.15) is 47.4 Å². The number of rotatable bonds is 6. The highest BCUT2D eigenvalue weighted by atomic mass is 16.5.